The molecule has 30 heavy (non-hydrogen) atoms. The molecule has 0 spiro atoms. The predicted octanol–water partition coefficient (Wildman–Crippen LogP) is 3.23. The van der Waals surface area contributed by atoms with Gasteiger partial charge in [0.15, 0.2) is 11.6 Å². The average Bonchev–Trinajstić information content (AvgIpc) is 2.74. The lowest BCUT2D eigenvalue weighted by Crippen LogP contribution is -2.53. The Morgan fingerprint density at radius 2 is 1.77 bits per heavy atom. The summed E-state index contributed by atoms with van der Waals surface area (Å²) in [6.45, 7) is 1.08. The fourth-order valence-corrected chi connectivity index (χ4v) is 4.72. The van der Waals surface area contributed by atoms with Crippen molar-refractivity contribution in [3.8, 4) is 5.75 Å². The highest BCUT2D eigenvalue weighted by atomic mass is 35.5. The van der Waals surface area contributed by atoms with Crippen LogP contribution in [-0.2, 0) is 10.0 Å². The molecular formula is C19H20Cl2FN3O4S. The van der Waals surface area contributed by atoms with E-state index < -0.39 is 15.8 Å². The maximum atomic E-state index is 13.5. The van der Waals surface area contributed by atoms with Gasteiger partial charge in [-0.25, -0.2) is 17.6 Å². The van der Waals surface area contributed by atoms with Crippen molar-refractivity contribution < 1.29 is 22.3 Å². The molecule has 2 aromatic carbocycles. The molecule has 2 amide bonds. The number of para-hydroxylation sites is 1. The summed E-state index contributed by atoms with van der Waals surface area (Å²) >= 11 is 11.8. The topological polar surface area (TPSA) is 79.0 Å². The zero-order valence-corrected chi connectivity index (χ0v) is 18.2. The number of piperazine rings is 1. The number of hydrogen-bond acceptors (Lipinski definition) is 4. The van der Waals surface area contributed by atoms with Crippen LogP contribution in [0.5, 0.6) is 5.75 Å². The highest BCUT2D eigenvalue weighted by Crippen LogP contribution is 2.27. The second kappa shape index (κ2) is 9.82. The number of hydrogen-bond donors (Lipinski definition) is 1. The molecule has 0 saturated carbocycles. The molecule has 1 saturated heterocycles. The Morgan fingerprint density at radius 3 is 2.43 bits per heavy atom. The Balaban J connectivity index is 1.47. The number of halogens is 3. The Kier molecular flexibility index (Phi) is 7.41. The molecule has 11 heteroatoms. The number of carbonyl (C=O) groups excluding carboxylic acids is 1. The summed E-state index contributed by atoms with van der Waals surface area (Å²) in [5, 5.41) is 3.12. The van der Waals surface area contributed by atoms with Crippen LogP contribution in [0.15, 0.2) is 47.4 Å². The predicted molar refractivity (Wildman–Crippen MR) is 112 cm³/mol. The number of sulfonamides is 1. The zero-order valence-electron chi connectivity index (χ0n) is 15.9. The molecule has 0 aromatic heterocycles. The number of nitrogens with one attached hydrogen (secondary N) is 1. The first-order valence-corrected chi connectivity index (χ1v) is 11.3. The summed E-state index contributed by atoms with van der Waals surface area (Å²) < 4.78 is 45.6. The van der Waals surface area contributed by atoms with Gasteiger partial charge in [0.05, 0.1) is 21.5 Å². The maximum absolute atomic E-state index is 13.5. The minimum atomic E-state index is -3.73. The summed E-state index contributed by atoms with van der Waals surface area (Å²) in [5.41, 5.74) is 0. The third kappa shape index (κ3) is 5.34. The molecule has 1 fully saturated rings. The zero-order chi connectivity index (χ0) is 21.7. The molecule has 7 nitrogen and oxygen atoms in total. The van der Waals surface area contributed by atoms with Crippen molar-refractivity contribution >= 4 is 39.3 Å². The Bertz CT molecular complexity index is 1010. The van der Waals surface area contributed by atoms with Crippen LogP contribution in [0.1, 0.15) is 0 Å². The smallest absolute Gasteiger partial charge is 0.317 e. The van der Waals surface area contributed by atoms with Crippen molar-refractivity contribution in [3.63, 3.8) is 0 Å². The van der Waals surface area contributed by atoms with Crippen LogP contribution < -0.4 is 10.1 Å². The van der Waals surface area contributed by atoms with E-state index in [1.165, 1.54) is 39.5 Å². The molecule has 0 unspecified atom stereocenters. The number of amides is 2. The number of rotatable bonds is 6. The van der Waals surface area contributed by atoms with E-state index in [0.717, 1.165) is 0 Å². The third-order valence-electron chi connectivity index (χ3n) is 4.53. The van der Waals surface area contributed by atoms with E-state index in [-0.39, 0.29) is 66.1 Å². The van der Waals surface area contributed by atoms with Crippen molar-refractivity contribution in [2.24, 2.45) is 0 Å². The quantitative estimate of drug-likeness (QED) is 0.650. The Labute approximate surface area is 184 Å². The minimum Gasteiger partial charge on any atom is -0.489 e. The van der Waals surface area contributed by atoms with Gasteiger partial charge in [-0.15, -0.1) is 0 Å². The molecule has 1 N–H and O–H groups in total. The van der Waals surface area contributed by atoms with Gasteiger partial charge in [-0.3, -0.25) is 0 Å². The fraction of sp³-hybridized carbons (Fsp3) is 0.316. The van der Waals surface area contributed by atoms with Crippen LogP contribution in [0.2, 0.25) is 10.0 Å². The van der Waals surface area contributed by atoms with Gasteiger partial charge in [0.2, 0.25) is 10.0 Å². The van der Waals surface area contributed by atoms with Crippen molar-refractivity contribution in [2.75, 3.05) is 39.3 Å². The Hall–Kier alpha value is -2.07. The van der Waals surface area contributed by atoms with Crippen LogP contribution in [0.4, 0.5) is 9.18 Å². The number of benzene rings is 2. The average molecular weight is 476 g/mol. The molecule has 3 rings (SSSR count). The summed E-state index contributed by atoms with van der Waals surface area (Å²) in [4.78, 5) is 13.8. The normalized spacial score (nSPS) is 15.1. The molecule has 1 aliphatic rings. The van der Waals surface area contributed by atoms with E-state index in [1.54, 1.807) is 12.1 Å². The van der Waals surface area contributed by atoms with Gasteiger partial charge >= 0.3 is 6.03 Å². The van der Waals surface area contributed by atoms with Gasteiger partial charge in [-0.05, 0) is 30.3 Å². The number of carbonyl (C=O) groups is 1. The van der Waals surface area contributed by atoms with Crippen LogP contribution in [0.25, 0.3) is 0 Å². The SMILES string of the molecule is O=C(NCCOc1ccccc1F)N1CCN(S(=O)(=O)c2ccc(Cl)c(Cl)c2)CC1. The van der Waals surface area contributed by atoms with Gasteiger partial charge in [0.25, 0.3) is 0 Å². The van der Waals surface area contributed by atoms with E-state index in [1.807, 2.05) is 0 Å². The third-order valence-corrected chi connectivity index (χ3v) is 7.16. The molecular weight excluding hydrogens is 456 g/mol. The van der Waals surface area contributed by atoms with Gasteiger partial charge in [0, 0.05) is 26.2 Å². The van der Waals surface area contributed by atoms with E-state index in [0.29, 0.717) is 0 Å². The first-order chi connectivity index (χ1) is 14.3. The van der Waals surface area contributed by atoms with Gasteiger partial charge < -0.3 is 15.0 Å². The molecule has 162 valence electrons. The molecule has 2 aromatic rings. The van der Waals surface area contributed by atoms with Gasteiger partial charge in [0.1, 0.15) is 6.61 Å². The second-order valence-corrected chi connectivity index (χ2v) is 9.23. The fourth-order valence-electron chi connectivity index (χ4n) is 2.91. The van der Waals surface area contributed by atoms with E-state index in [9.17, 15) is 17.6 Å². The van der Waals surface area contributed by atoms with Crippen molar-refractivity contribution in [3.05, 3.63) is 58.3 Å². The van der Waals surface area contributed by atoms with Crippen molar-refractivity contribution in [1.82, 2.24) is 14.5 Å². The largest absolute Gasteiger partial charge is 0.489 e. The highest BCUT2D eigenvalue weighted by Gasteiger charge is 2.30. The molecule has 0 atom stereocenters. The number of nitrogens with zero attached hydrogens (tertiary/aromatic N) is 2. The first kappa shape index (κ1) is 22.6. The molecule has 0 aliphatic carbocycles. The van der Waals surface area contributed by atoms with Gasteiger partial charge in [-0.2, -0.15) is 4.31 Å². The lowest BCUT2D eigenvalue weighted by atomic mass is 10.3. The van der Waals surface area contributed by atoms with Gasteiger partial charge in [-0.1, -0.05) is 35.3 Å². The van der Waals surface area contributed by atoms with Crippen LogP contribution >= 0.6 is 23.2 Å². The summed E-state index contributed by atoms with van der Waals surface area (Å²) in [6, 6.07) is 9.83. The van der Waals surface area contributed by atoms with Crippen molar-refractivity contribution in [2.45, 2.75) is 4.90 Å². The monoisotopic (exact) mass is 475 g/mol. The van der Waals surface area contributed by atoms with Crippen LogP contribution in [0.3, 0.4) is 0 Å². The lowest BCUT2D eigenvalue weighted by molar-refractivity contribution is 0.170. The highest BCUT2D eigenvalue weighted by molar-refractivity contribution is 7.89. The summed E-state index contributed by atoms with van der Waals surface area (Å²) in [5.74, 6) is -0.351. The van der Waals surface area contributed by atoms with Crippen LogP contribution in [0, 0.1) is 5.82 Å². The van der Waals surface area contributed by atoms with Crippen molar-refractivity contribution in [1.29, 1.82) is 0 Å². The maximum Gasteiger partial charge on any atom is 0.317 e. The van der Waals surface area contributed by atoms with E-state index >= 15 is 0 Å². The lowest BCUT2D eigenvalue weighted by Gasteiger charge is -2.34. The minimum absolute atomic E-state index is 0.0556. The summed E-state index contributed by atoms with van der Waals surface area (Å²) in [7, 11) is -3.73. The van der Waals surface area contributed by atoms with E-state index in [2.05, 4.69) is 5.32 Å². The molecule has 1 aliphatic heterocycles. The molecule has 1 heterocycles. The number of ether oxygens (including phenoxy) is 1. The Morgan fingerprint density at radius 1 is 1.07 bits per heavy atom. The van der Waals surface area contributed by atoms with E-state index in [4.69, 9.17) is 27.9 Å². The standard InChI is InChI=1S/C19H20Cl2FN3O4S/c20-15-6-5-14(13-16(15)21)30(27,28)25-10-8-24(9-11-25)19(26)23-7-12-29-18-4-2-1-3-17(18)22/h1-6,13H,7-12H2,(H,23,26). The summed E-state index contributed by atoms with van der Waals surface area (Å²) in [6.07, 6.45) is 0. The second-order valence-electron chi connectivity index (χ2n) is 6.48. The molecule has 0 radical (unpaired) electrons. The first-order valence-electron chi connectivity index (χ1n) is 9.14. The van der Waals surface area contributed by atoms with Crippen LogP contribution in [-0.4, -0.2) is 63.0 Å². The molecule has 0 bridgehead atoms. The number of urea groups is 1.